The van der Waals surface area contributed by atoms with E-state index in [1.165, 1.54) is 77.0 Å². The zero-order chi connectivity index (χ0) is 10.3. The molecule has 0 nitrogen and oxygen atoms in total. The highest BCUT2D eigenvalue weighted by Gasteiger charge is 2.19. The maximum Gasteiger partial charge on any atom is -0.0324 e. The Balaban J connectivity index is 1.73. The highest BCUT2D eigenvalue weighted by molar-refractivity contribution is 4.85. The van der Waals surface area contributed by atoms with Crippen LogP contribution in [0.3, 0.4) is 0 Å². The molecular weight excluding hydrogens is 180 g/mol. The van der Waals surface area contributed by atoms with Crippen LogP contribution in [0, 0.1) is 18.3 Å². The molecule has 0 saturated heterocycles. The summed E-state index contributed by atoms with van der Waals surface area (Å²) in [5, 5.41) is 0. The maximum absolute atomic E-state index is 2.76. The molecule has 0 bridgehead atoms. The van der Waals surface area contributed by atoms with Crippen LogP contribution in [-0.4, -0.2) is 0 Å². The van der Waals surface area contributed by atoms with Crippen molar-refractivity contribution in [2.45, 2.75) is 77.0 Å². The summed E-state index contributed by atoms with van der Waals surface area (Å²) in [6.45, 7) is 0. The van der Waals surface area contributed by atoms with Crippen molar-refractivity contribution in [3.63, 3.8) is 0 Å². The number of rotatable bonds is 2. The van der Waals surface area contributed by atoms with Gasteiger partial charge in [0.15, 0.2) is 0 Å². The zero-order valence-electron chi connectivity index (χ0n) is 10.2. The molecule has 2 saturated carbocycles. The molecule has 87 valence electrons. The normalized spacial score (nSPS) is 27.2. The third-order valence-electron chi connectivity index (χ3n) is 4.34. The van der Waals surface area contributed by atoms with E-state index >= 15 is 0 Å². The Hall–Kier alpha value is 0. The molecule has 0 atom stereocenters. The van der Waals surface area contributed by atoms with Gasteiger partial charge in [0.2, 0.25) is 0 Å². The summed E-state index contributed by atoms with van der Waals surface area (Å²) in [4.78, 5) is 0. The topological polar surface area (TPSA) is 0 Å². The van der Waals surface area contributed by atoms with Gasteiger partial charge in [0.25, 0.3) is 0 Å². The molecule has 2 fully saturated rings. The predicted octanol–water partition coefficient (Wildman–Crippen LogP) is 5.13. The van der Waals surface area contributed by atoms with Gasteiger partial charge in [-0.1, -0.05) is 77.0 Å². The highest BCUT2D eigenvalue weighted by Crippen LogP contribution is 2.32. The van der Waals surface area contributed by atoms with Gasteiger partial charge >= 0.3 is 0 Å². The molecular formula is C15H27. The van der Waals surface area contributed by atoms with Crippen molar-refractivity contribution in [1.29, 1.82) is 0 Å². The minimum Gasteiger partial charge on any atom is -0.0533 e. The second-order valence-corrected chi connectivity index (χ2v) is 5.70. The summed E-state index contributed by atoms with van der Waals surface area (Å²) in [6.07, 6.45) is 20.7. The molecule has 0 heterocycles. The molecule has 0 aromatic carbocycles. The van der Waals surface area contributed by atoms with Gasteiger partial charge in [0.05, 0.1) is 0 Å². The third kappa shape index (κ3) is 4.17. The van der Waals surface area contributed by atoms with Crippen molar-refractivity contribution in [3.8, 4) is 0 Å². The van der Waals surface area contributed by atoms with Crippen LogP contribution < -0.4 is 0 Å². The van der Waals surface area contributed by atoms with Crippen LogP contribution in [0.15, 0.2) is 0 Å². The first-order chi connectivity index (χ1) is 7.45. The summed E-state index contributed by atoms with van der Waals surface area (Å²) in [5.41, 5.74) is 0. The van der Waals surface area contributed by atoms with Crippen LogP contribution in [0.4, 0.5) is 0 Å². The standard InChI is InChI=1S/C15H27/c1-2-6-10-14(9-5-1)13-15-11-7-3-4-8-12-15/h13-15H,1-12H2. The summed E-state index contributed by atoms with van der Waals surface area (Å²) < 4.78 is 0. The molecule has 0 unspecified atom stereocenters. The van der Waals surface area contributed by atoms with Crippen LogP contribution in [0.25, 0.3) is 0 Å². The predicted molar refractivity (Wildman–Crippen MR) is 66.7 cm³/mol. The number of hydrogen-bond donors (Lipinski definition) is 0. The molecule has 0 N–H and O–H groups in total. The fraction of sp³-hybridized carbons (Fsp3) is 0.933. The summed E-state index contributed by atoms with van der Waals surface area (Å²) in [5.74, 6) is 1.96. The maximum atomic E-state index is 2.76. The van der Waals surface area contributed by atoms with E-state index in [0.717, 1.165) is 11.8 Å². The molecule has 2 aliphatic rings. The lowest BCUT2D eigenvalue weighted by Crippen LogP contribution is -2.09. The highest BCUT2D eigenvalue weighted by atomic mass is 14.2. The van der Waals surface area contributed by atoms with Crippen molar-refractivity contribution in [2.75, 3.05) is 0 Å². The van der Waals surface area contributed by atoms with Crippen molar-refractivity contribution in [3.05, 3.63) is 6.42 Å². The van der Waals surface area contributed by atoms with Crippen LogP contribution in [-0.2, 0) is 0 Å². The molecule has 0 spiro atoms. The fourth-order valence-corrected chi connectivity index (χ4v) is 3.39. The van der Waals surface area contributed by atoms with Gasteiger partial charge in [-0.3, -0.25) is 0 Å². The number of hydrogen-bond acceptors (Lipinski definition) is 0. The molecule has 2 rings (SSSR count). The lowest BCUT2D eigenvalue weighted by molar-refractivity contribution is 0.415. The summed E-state index contributed by atoms with van der Waals surface area (Å²) in [7, 11) is 0. The minimum absolute atomic E-state index is 0.982. The van der Waals surface area contributed by atoms with E-state index in [2.05, 4.69) is 6.42 Å². The van der Waals surface area contributed by atoms with E-state index in [4.69, 9.17) is 0 Å². The minimum atomic E-state index is 0.982. The molecule has 2 aliphatic carbocycles. The SMILES string of the molecule is [CH](C1CCCCCC1)C1CCCCCC1. The molecule has 1 radical (unpaired) electrons. The zero-order valence-corrected chi connectivity index (χ0v) is 10.2. The van der Waals surface area contributed by atoms with Gasteiger partial charge in [-0.2, -0.15) is 0 Å². The second-order valence-electron chi connectivity index (χ2n) is 5.70. The Morgan fingerprint density at radius 2 is 0.800 bits per heavy atom. The van der Waals surface area contributed by atoms with Crippen molar-refractivity contribution in [1.82, 2.24) is 0 Å². The Bertz CT molecular complexity index is 127. The van der Waals surface area contributed by atoms with Gasteiger partial charge in [-0.05, 0) is 18.3 Å². The second kappa shape index (κ2) is 6.55. The average Bonchev–Trinajstić information content (AvgIpc) is 2.63. The van der Waals surface area contributed by atoms with E-state index in [9.17, 15) is 0 Å². The van der Waals surface area contributed by atoms with E-state index in [-0.39, 0.29) is 0 Å². The molecule has 0 heteroatoms. The molecule has 0 aliphatic heterocycles. The van der Waals surface area contributed by atoms with Gasteiger partial charge < -0.3 is 0 Å². The molecule has 0 aromatic heterocycles. The van der Waals surface area contributed by atoms with Crippen molar-refractivity contribution < 1.29 is 0 Å². The van der Waals surface area contributed by atoms with Gasteiger partial charge in [0.1, 0.15) is 0 Å². The van der Waals surface area contributed by atoms with Gasteiger partial charge in [0, 0.05) is 0 Å². The Kier molecular flexibility index (Phi) is 5.02. The lowest BCUT2D eigenvalue weighted by atomic mass is 9.85. The first-order valence-electron chi connectivity index (χ1n) is 7.30. The van der Waals surface area contributed by atoms with Crippen LogP contribution in [0.1, 0.15) is 77.0 Å². The quantitative estimate of drug-likeness (QED) is 0.550. The monoisotopic (exact) mass is 207 g/mol. The van der Waals surface area contributed by atoms with Crippen molar-refractivity contribution >= 4 is 0 Å². The van der Waals surface area contributed by atoms with Crippen LogP contribution in [0.2, 0.25) is 0 Å². The van der Waals surface area contributed by atoms with Gasteiger partial charge in [-0.25, -0.2) is 0 Å². The smallest absolute Gasteiger partial charge is 0.0324 e. The Morgan fingerprint density at radius 1 is 0.467 bits per heavy atom. The molecule has 0 amide bonds. The molecule has 15 heavy (non-hydrogen) atoms. The molecule has 0 aromatic rings. The van der Waals surface area contributed by atoms with E-state index < -0.39 is 0 Å². The average molecular weight is 207 g/mol. The largest absolute Gasteiger partial charge is 0.0533 e. The fourth-order valence-electron chi connectivity index (χ4n) is 3.39. The van der Waals surface area contributed by atoms with Crippen molar-refractivity contribution in [2.24, 2.45) is 11.8 Å². The third-order valence-corrected chi connectivity index (χ3v) is 4.34. The first-order valence-corrected chi connectivity index (χ1v) is 7.30. The Labute approximate surface area is 95.8 Å². The van der Waals surface area contributed by atoms with Crippen LogP contribution >= 0.6 is 0 Å². The van der Waals surface area contributed by atoms with Gasteiger partial charge in [-0.15, -0.1) is 0 Å². The lowest BCUT2D eigenvalue weighted by Gasteiger charge is -2.20. The van der Waals surface area contributed by atoms with Crippen LogP contribution in [0.5, 0.6) is 0 Å². The summed E-state index contributed by atoms with van der Waals surface area (Å²) in [6, 6.07) is 0. The first kappa shape index (κ1) is 11.5. The van der Waals surface area contributed by atoms with E-state index in [1.54, 1.807) is 0 Å². The van der Waals surface area contributed by atoms with E-state index in [1.807, 2.05) is 0 Å². The Morgan fingerprint density at radius 3 is 1.13 bits per heavy atom. The van der Waals surface area contributed by atoms with E-state index in [0.29, 0.717) is 0 Å². The summed E-state index contributed by atoms with van der Waals surface area (Å²) >= 11 is 0.